The quantitative estimate of drug-likeness (QED) is 0.485. The van der Waals surface area contributed by atoms with Crippen LogP contribution in [0.25, 0.3) is 22.2 Å². The summed E-state index contributed by atoms with van der Waals surface area (Å²) in [7, 11) is 0. The van der Waals surface area contributed by atoms with Crippen LogP contribution in [0.4, 0.5) is 5.82 Å². The second-order valence-corrected chi connectivity index (χ2v) is 8.71. The van der Waals surface area contributed by atoms with Crippen molar-refractivity contribution >= 4 is 33.9 Å². The maximum absolute atomic E-state index is 12.7. The number of aromatic amines is 1. The predicted octanol–water partition coefficient (Wildman–Crippen LogP) is 2.47. The van der Waals surface area contributed by atoms with Crippen molar-refractivity contribution in [1.82, 2.24) is 34.4 Å². The third-order valence-electron chi connectivity index (χ3n) is 6.20. The average Bonchev–Trinajstić information content (AvgIpc) is 3.35. The van der Waals surface area contributed by atoms with E-state index in [1.165, 1.54) is 6.33 Å². The molecule has 0 unspecified atom stereocenters. The zero-order valence-corrected chi connectivity index (χ0v) is 19.1. The summed E-state index contributed by atoms with van der Waals surface area (Å²) in [6.45, 7) is 7.86. The maximum atomic E-state index is 12.7. The summed E-state index contributed by atoms with van der Waals surface area (Å²) in [5.74, 6) is 0.868. The van der Waals surface area contributed by atoms with Crippen molar-refractivity contribution in [2.24, 2.45) is 0 Å². The molecule has 1 aliphatic rings. The maximum Gasteiger partial charge on any atom is 0.326 e. The third kappa shape index (κ3) is 3.65. The van der Waals surface area contributed by atoms with Crippen molar-refractivity contribution < 1.29 is 4.79 Å². The van der Waals surface area contributed by atoms with E-state index in [-0.39, 0.29) is 23.7 Å². The lowest BCUT2D eigenvalue weighted by Crippen LogP contribution is -2.37. The van der Waals surface area contributed by atoms with Crippen molar-refractivity contribution in [3.05, 3.63) is 46.9 Å². The average molecular weight is 449 g/mol. The van der Waals surface area contributed by atoms with E-state index in [4.69, 9.17) is 0 Å². The molecule has 172 valence electrons. The van der Waals surface area contributed by atoms with Crippen molar-refractivity contribution in [2.75, 3.05) is 18.0 Å². The number of piperidine rings is 1. The van der Waals surface area contributed by atoms with Gasteiger partial charge in [0, 0.05) is 31.7 Å². The number of H-pyrrole nitrogens is 1. The summed E-state index contributed by atoms with van der Waals surface area (Å²) in [5.41, 5.74) is 3.02. The van der Waals surface area contributed by atoms with Gasteiger partial charge in [0.1, 0.15) is 6.33 Å². The lowest BCUT2D eigenvalue weighted by atomic mass is 10.0. The van der Waals surface area contributed by atoms with Crippen LogP contribution in [0.5, 0.6) is 0 Å². The number of aromatic nitrogens is 6. The van der Waals surface area contributed by atoms with Crippen LogP contribution in [0.1, 0.15) is 50.3 Å². The van der Waals surface area contributed by atoms with Gasteiger partial charge < -0.3 is 19.8 Å². The van der Waals surface area contributed by atoms with Gasteiger partial charge in [0.15, 0.2) is 17.0 Å². The van der Waals surface area contributed by atoms with E-state index in [2.05, 4.69) is 30.2 Å². The summed E-state index contributed by atoms with van der Waals surface area (Å²) in [6.07, 6.45) is 3.15. The number of hydrogen-bond donors (Lipinski definition) is 2. The first kappa shape index (κ1) is 21.2. The van der Waals surface area contributed by atoms with E-state index in [1.807, 2.05) is 54.2 Å². The molecule has 0 bridgehead atoms. The van der Waals surface area contributed by atoms with E-state index in [9.17, 15) is 9.59 Å². The van der Waals surface area contributed by atoms with Crippen LogP contribution in [-0.2, 0) is 6.54 Å². The van der Waals surface area contributed by atoms with Crippen LogP contribution in [0, 0.1) is 0 Å². The lowest BCUT2D eigenvalue weighted by molar-refractivity contribution is 0.0929. The Morgan fingerprint density at radius 3 is 2.70 bits per heavy atom. The Kier molecular flexibility index (Phi) is 5.35. The van der Waals surface area contributed by atoms with Gasteiger partial charge in [-0.3, -0.25) is 9.36 Å². The Morgan fingerprint density at radius 2 is 1.97 bits per heavy atom. The number of anilines is 1. The fourth-order valence-corrected chi connectivity index (χ4v) is 4.73. The molecule has 0 spiro atoms. The molecule has 5 rings (SSSR count). The highest BCUT2D eigenvalue weighted by atomic mass is 16.2. The van der Waals surface area contributed by atoms with Gasteiger partial charge in [-0.15, -0.1) is 0 Å². The van der Waals surface area contributed by atoms with Crippen LogP contribution < -0.4 is 15.9 Å². The first-order valence-electron chi connectivity index (χ1n) is 11.4. The van der Waals surface area contributed by atoms with Gasteiger partial charge in [-0.1, -0.05) is 12.1 Å². The molecule has 1 fully saturated rings. The van der Waals surface area contributed by atoms with E-state index < -0.39 is 0 Å². The number of carbonyl (C=O) groups excluding carboxylic acids is 1. The monoisotopic (exact) mass is 448 g/mol. The minimum absolute atomic E-state index is 0.0140. The number of nitrogens with zero attached hydrogens (tertiary/aromatic N) is 6. The van der Waals surface area contributed by atoms with Gasteiger partial charge in [0.2, 0.25) is 5.82 Å². The van der Waals surface area contributed by atoms with Crippen LogP contribution in [0.15, 0.2) is 35.4 Å². The number of para-hydroxylation sites is 2. The highest BCUT2D eigenvalue weighted by Crippen LogP contribution is 2.30. The molecule has 2 N–H and O–H groups in total. The molecule has 4 aromatic rings. The number of amides is 1. The standard InChI is InChI=1S/C23H28N8O2/c1-4-30-20-18(28-21(30)22(32)26-14(2)3)19(24-13-25-20)29-11-9-15(10-12-29)31-17-8-6-5-7-16(17)27-23(31)33/h5-8,13-15H,4,9-12H2,1-3H3,(H,26,32)(H,27,33). The van der Waals surface area contributed by atoms with E-state index in [1.54, 1.807) is 0 Å². The minimum atomic E-state index is -0.215. The third-order valence-corrected chi connectivity index (χ3v) is 6.20. The molecule has 0 radical (unpaired) electrons. The van der Waals surface area contributed by atoms with Gasteiger partial charge in [-0.05, 0) is 45.7 Å². The minimum Gasteiger partial charge on any atom is -0.355 e. The predicted molar refractivity (Wildman–Crippen MR) is 127 cm³/mol. The van der Waals surface area contributed by atoms with E-state index in [0.717, 1.165) is 42.8 Å². The topological polar surface area (TPSA) is 114 Å². The van der Waals surface area contributed by atoms with Gasteiger partial charge in [-0.25, -0.2) is 19.7 Å². The molecule has 1 aliphatic heterocycles. The largest absolute Gasteiger partial charge is 0.355 e. The molecule has 0 atom stereocenters. The normalized spacial score (nSPS) is 15.1. The molecule has 0 saturated carbocycles. The second-order valence-electron chi connectivity index (χ2n) is 8.71. The Morgan fingerprint density at radius 1 is 1.21 bits per heavy atom. The fourth-order valence-electron chi connectivity index (χ4n) is 4.73. The number of nitrogens with one attached hydrogen (secondary N) is 2. The molecule has 3 aromatic heterocycles. The summed E-state index contributed by atoms with van der Waals surface area (Å²) in [6, 6.07) is 7.92. The molecule has 4 heterocycles. The van der Waals surface area contributed by atoms with Gasteiger partial charge >= 0.3 is 5.69 Å². The summed E-state index contributed by atoms with van der Waals surface area (Å²) < 4.78 is 3.71. The Bertz CT molecular complexity index is 1370. The Balaban J connectivity index is 1.44. The molecular formula is C23H28N8O2. The smallest absolute Gasteiger partial charge is 0.326 e. The zero-order chi connectivity index (χ0) is 23.1. The highest BCUT2D eigenvalue weighted by Gasteiger charge is 2.27. The molecule has 1 aromatic carbocycles. The zero-order valence-electron chi connectivity index (χ0n) is 19.1. The molecule has 33 heavy (non-hydrogen) atoms. The summed E-state index contributed by atoms with van der Waals surface area (Å²) in [5, 5.41) is 2.92. The number of benzene rings is 1. The summed E-state index contributed by atoms with van der Waals surface area (Å²) >= 11 is 0. The molecule has 0 aliphatic carbocycles. The lowest BCUT2D eigenvalue weighted by Gasteiger charge is -2.33. The number of imidazole rings is 2. The molecular weight excluding hydrogens is 420 g/mol. The molecule has 10 heteroatoms. The van der Waals surface area contributed by atoms with Crippen LogP contribution in [0.3, 0.4) is 0 Å². The van der Waals surface area contributed by atoms with Crippen molar-refractivity contribution in [3.8, 4) is 0 Å². The van der Waals surface area contributed by atoms with Gasteiger partial charge in [0.25, 0.3) is 5.91 Å². The molecule has 1 amide bonds. The fraction of sp³-hybridized carbons (Fsp3) is 0.435. The molecule has 1 saturated heterocycles. The first-order valence-corrected chi connectivity index (χ1v) is 11.4. The number of rotatable bonds is 5. The Labute approximate surface area is 190 Å². The summed E-state index contributed by atoms with van der Waals surface area (Å²) in [4.78, 5) is 44.1. The first-order chi connectivity index (χ1) is 16.0. The van der Waals surface area contributed by atoms with Gasteiger partial charge in [0.05, 0.1) is 11.0 Å². The van der Waals surface area contributed by atoms with Crippen LogP contribution in [0.2, 0.25) is 0 Å². The highest BCUT2D eigenvalue weighted by molar-refractivity contribution is 5.96. The van der Waals surface area contributed by atoms with Crippen LogP contribution >= 0.6 is 0 Å². The van der Waals surface area contributed by atoms with Crippen molar-refractivity contribution in [3.63, 3.8) is 0 Å². The van der Waals surface area contributed by atoms with Crippen molar-refractivity contribution in [1.29, 1.82) is 0 Å². The number of carbonyl (C=O) groups is 1. The second kappa shape index (κ2) is 8.34. The Hall–Kier alpha value is -3.69. The number of aryl methyl sites for hydroxylation is 1. The molecule has 10 nitrogen and oxygen atoms in total. The van der Waals surface area contributed by atoms with E-state index >= 15 is 0 Å². The van der Waals surface area contributed by atoms with E-state index in [0.29, 0.717) is 23.5 Å². The van der Waals surface area contributed by atoms with Gasteiger partial charge in [-0.2, -0.15) is 0 Å². The number of fused-ring (bicyclic) bond motifs is 2. The van der Waals surface area contributed by atoms with Crippen LogP contribution in [-0.4, -0.2) is 54.1 Å². The van der Waals surface area contributed by atoms with Crippen molar-refractivity contribution in [2.45, 2.75) is 52.2 Å². The number of hydrogen-bond acceptors (Lipinski definition) is 6. The SMILES string of the molecule is CCn1c(C(=O)NC(C)C)nc2c(N3CCC(n4c(=O)[nH]c5ccccc54)CC3)ncnc21.